The van der Waals surface area contributed by atoms with E-state index in [0.717, 1.165) is 6.20 Å². The Labute approximate surface area is 89.6 Å². The van der Waals surface area contributed by atoms with Crippen molar-refractivity contribution in [2.45, 2.75) is 0 Å². The highest BCUT2D eigenvalue weighted by Crippen LogP contribution is 2.11. The van der Waals surface area contributed by atoms with Gasteiger partial charge in [0.1, 0.15) is 11.6 Å². The van der Waals surface area contributed by atoms with Crippen LogP contribution in [-0.4, -0.2) is 10.9 Å². The molecule has 3 nitrogen and oxygen atoms in total. The summed E-state index contributed by atoms with van der Waals surface area (Å²) in [5.41, 5.74) is 0. The number of carbonyl (C=O) groups is 1. The van der Waals surface area contributed by atoms with E-state index in [9.17, 15) is 9.18 Å². The van der Waals surface area contributed by atoms with Crippen LogP contribution >= 0.6 is 11.3 Å². The second-order valence-electron chi connectivity index (χ2n) is 2.79. The molecule has 1 amide bonds. The number of rotatable bonds is 2. The largest absolute Gasteiger partial charge is 0.306 e. The van der Waals surface area contributed by atoms with Gasteiger partial charge in [0.15, 0.2) is 0 Å². The minimum atomic E-state index is -0.427. The summed E-state index contributed by atoms with van der Waals surface area (Å²) >= 11 is 1.34. The molecule has 2 rings (SSSR count). The first-order chi connectivity index (χ1) is 7.25. The van der Waals surface area contributed by atoms with E-state index in [1.54, 1.807) is 12.1 Å². The van der Waals surface area contributed by atoms with E-state index in [1.807, 2.05) is 5.38 Å². The first kappa shape index (κ1) is 9.79. The van der Waals surface area contributed by atoms with Crippen molar-refractivity contribution in [3.63, 3.8) is 0 Å². The maximum atomic E-state index is 12.5. The molecule has 0 aromatic carbocycles. The smallest absolute Gasteiger partial charge is 0.266 e. The molecule has 0 saturated heterocycles. The molecule has 15 heavy (non-hydrogen) atoms. The number of thiophene rings is 1. The molecule has 2 heterocycles. The van der Waals surface area contributed by atoms with Crippen molar-refractivity contribution in [2.24, 2.45) is 0 Å². The van der Waals surface area contributed by atoms with Gasteiger partial charge in [0.25, 0.3) is 5.91 Å². The summed E-state index contributed by atoms with van der Waals surface area (Å²) in [4.78, 5) is 15.8. The Kier molecular flexibility index (Phi) is 2.73. The summed E-state index contributed by atoms with van der Waals surface area (Å²) in [5, 5.41) is 4.38. The maximum Gasteiger partial charge on any atom is 0.266 e. The van der Waals surface area contributed by atoms with Gasteiger partial charge in [0.2, 0.25) is 0 Å². The highest BCUT2D eigenvalue weighted by Gasteiger charge is 2.06. The molecule has 5 heteroatoms. The average molecular weight is 222 g/mol. The van der Waals surface area contributed by atoms with Crippen molar-refractivity contribution in [3.05, 3.63) is 46.5 Å². The zero-order valence-electron chi connectivity index (χ0n) is 7.61. The third-order valence-corrected chi connectivity index (χ3v) is 2.58. The summed E-state index contributed by atoms with van der Waals surface area (Å²) in [6.07, 6.45) is 1.06. The van der Waals surface area contributed by atoms with Crippen LogP contribution in [0, 0.1) is 5.82 Å². The highest BCUT2D eigenvalue weighted by atomic mass is 32.1. The van der Waals surface area contributed by atoms with Gasteiger partial charge in [-0.2, -0.15) is 0 Å². The number of anilines is 1. The van der Waals surface area contributed by atoms with E-state index >= 15 is 0 Å². The van der Waals surface area contributed by atoms with Crippen molar-refractivity contribution in [2.75, 3.05) is 5.32 Å². The van der Waals surface area contributed by atoms with Crippen LogP contribution in [0.1, 0.15) is 9.67 Å². The van der Waals surface area contributed by atoms with E-state index in [-0.39, 0.29) is 5.91 Å². The van der Waals surface area contributed by atoms with Crippen LogP contribution < -0.4 is 5.32 Å². The lowest BCUT2D eigenvalue weighted by molar-refractivity contribution is 0.103. The van der Waals surface area contributed by atoms with Crippen LogP contribution in [0.2, 0.25) is 0 Å². The molecule has 0 atom stereocenters. The van der Waals surface area contributed by atoms with Gasteiger partial charge in [0.05, 0.1) is 11.1 Å². The summed E-state index contributed by atoms with van der Waals surface area (Å²) in [7, 11) is 0. The monoisotopic (exact) mass is 222 g/mol. The standard InChI is InChI=1S/C10H7FN2OS/c11-7-3-4-9(12-6-7)13-10(14)8-2-1-5-15-8/h1-6H,(H,12,13,14). The van der Waals surface area contributed by atoms with E-state index in [4.69, 9.17) is 0 Å². The van der Waals surface area contributed by atoms with Crippen molar-refractivity contribution >= 4 is 23.1 Å². The summed E-state index contributed by atoms with van der Waals surface area (Å²) < 4.78 is 12.5. The quantitative estimate of drug-likeness (QED) is 0.848. The molecule has 0 aliphatic rings. The second kappa shape index (κ2) is 4.18. The van der Waals surface area contributed by atoms with Gasteiger partial charge in [-0.3, -0.25) is 4.79 Å². The van der Waals surface area contributed by atoms with Gasteiger partial charge >= 0.3 is 0 Å². The lowest BCUT2D eigenvalue weighted by Crippen LogP contribution is -2.11. The molecule has 0 bridgehead atoms. The summed E-state index contributed by atoms with van der Waals surface area (Å²) in [6.45, 7) is 0. The van der Waals surface area contributed by atoms with Crippen molar-refractivity contribution in [1.82, 2.24) is 4.98 Å². The van der Waals surface area contributed by atoms with Gasteiger partial charge in [-0.15, -0.1) is 11.3 Å². The molecule has 0 fully saturated rings. The molecule has 1 N–H and O–H groups in total. The van der Waals surface area contributed by atoms with E-state index in [0.29, 0.717) is 10.7 Å². The molecule has 0 saturated carbocycles. The number of nitrogens with zero attached hydrogens (tertiary/aromatic N) is 1. The van der Waals surface area contributed by atoms with Crippen LogP contribution in [0.3, 0.4) is 0 Å². The predicted molar refractivity (Wildman–Crippen MR) is 56.5 cm³/mol. The van der Waals surface area contributed by atoms with E-state index < -0.39 is 5.82 Å². The van der Waals surface area contributed by atoms with E-state index in [2.05, 4.69) is 10.3 Å². The van der Waals surface area contributed by atoms with Gasteiger partial charge in [-0.1, -0.05) is 6.07 Å². The maximum absolute atomic E-state index is 12.5. The van der Waals surface area contributed by atoms with Gasteiger partial charge in [0, 0.05) is 0 Å². The first-order valence-corrected chi connectivity index (χ1v) is 5.10. The Morgan fingerprint density at radius 2 is 2.27 bits per heavy atom. The fourth-order valence-electron chi connectivity index (χ4n) is 1.04. The Hall–Kier alpha value is -1.75. The fourth-order valence-corrected chi connectivity index (χ4v) is 1.65. The van der Waals surface area contributed by atoms with Crippen LogP contribution in [0.25, 0.3) is 0 Å². The number of aromatic nitrogens is 1. The first-order valence-electron chi connectivity index (χ1n) is 4.22. The minimum Gasteiger partial charge on any atom is -0.306 e. The molecule has 2 aromatic heterocycles. The SMILES string of the molecule is O=C(Nc1ccc(F)cn1)c1cccs1. The number of hydrogen-bond donors (Lipinski definition) is 1. The minimum absolute atomic E-state index is 0.232. The zero-order chi connectivity index (χ0) is 10.7. The number of carbonyl (C=O) groups excluding carboxylic acids is 1. The van der Waals surface area contributed by atoms with Gasteiger partial charge in [-0.05, 0) is 23.6 Å². The number of hydrogen-bond acceptors (Lipinski definition) is 3. The molecular formula is C10H7FN2OS. The van der Waals surface area contributed by atoms with Crippen LogP contribution in [-0.2, 0) is 0 Å². The number of pyridine rings is 1. The topological polar surface area (TPSA) is 42.0 Å². The lowest BCUT2D eigenvalue weighted by atomic mass is 10.4. The van der Waals surface area contributed by atoms with Crippen LogP contribution in [0.4, 0.5) is 10.2 Å². The third-order valence-electron chi connectivity index (χ3n) is 1.71. The van der Waals surface area contributed by atoms with Gasteiger partial charge < -0.3 is 5.32 Å². The lowest BCUT2D eigenvalue weighted by Gasteiger charge is -2.01. The van der Waals surface area contributed by atoms with Crippen molar-refractivity contribution in [1.29, 1.82) is 0 Å². The highest BCUT2D eigenvalue weighted by molar-refractivity contribution is 7.12. The Bertz CT molecular complexity index is 453. The molecule has 2 aromatic rings. The normalized spacial score (nSPS) is 9.93. The van der Waals surface area contributed by atoms with Crippen LogP contribution in [0.5, 0.6) is 0 Å². The molecular weight excluding hydrogens is 215 g/mol. The van der Waals surface area contributed by atoms with Gasteiger partial charge in [-0.25, -0.2) is 9.37 Å². The number of amides is 1. The zero-order valence-corrected chi connectivity index (χ0v) is 8.42. The Morgan fingerprint density at radius 1 is 1.40 bits per heavy atom. The number of halogens is 1. The summed E-state index contributed by atoms with van der Waals surface area (Å²) in [6, 6.07) is 6.17. The fraction of sp³-hybridized carbons (Fsp3) is 0. The Morgan fingerprint density at radius 3 is 2.87 bits per heavy atom. The molecule has 0 radical (unpaired) electrons. The molecule has 0 spiro atoms. The molecule has 76 valence electrons. The predicted octanol–water partition coefficient (Wildman–Crippen LogP) is 2.53. The third kappa shape index (κ3) is 2.38. The number of nitrogens with one attached hydrogen (secondary N) is 1. The van der Waals surface area contributed by atoms with Crippen molar-refractivity contribution in [3.8, 4) is 0 Å². The Balaban J connectivity index is 2.09. The second-order valence-corrected chi connectivity index (χ2v) is 3.74. The molecule has 0 unspecified atom stereocenters. The molecule has 0 aliphatic carbocycles. The summed E-state index contributed by atoms with van der Waals surface area (Å²) in [5.74, 6) is -0.317. The van der Waals surface area contributed by atoms with E-state index in [1.165, 1.54) is 23.5 Å². The molecule has 0 aliphatic heterocycles. The van der Waals surface area contributed by atoms with Crippen LogP contribution in [0.15, 0.2) is 35.8 Å². The van der Waals surface area contributed by atoms with Crippen molar-refractivity contribution < 1.29 is 9.18 Å². The average Bonchev–Trinajstić information content (AvgIpc) is 2.74.